The van der Waals surface area contributed by atoms with Crippen LogP contribution in [0.15, 0.2) is 48.1 Å². The zero-order chi connectivity index (χ0) is 22.1. The van der Waals surface area contributed by atoms with E-state index in [1.165, 1.54) is 6.08 Å². The first-order valence-corrected chi connectivity index (χ1v) is 10.0. The molecule has 12 heteroatoms. The molecule has 0 aromatic heterocycles. The predicted molar refractivity (Wildman–Crippen MR) is 112 cm³/mol. The van der Waals surface area contributed by atoms with Crippen LogP contribution >= 0.6 is 34.8 Å². The molecular weight excluding hydrogens is 459 g/mol. The minimum absolute atomic E-state index is 0.0570. The van der Waals surface area contributed by atoms with Gasteiger partial charge in [-0.3, -0.25) is 4.79 Å². The molecule has 1 saturated heterocycles. The van der Waals surface area contributed by atoms with Gasteiger partial charge in [0.05, 0.1) is 38.0 Å². The Labute approximate surface area is 188 Å². The highest BCUT2D eigenvalue weighted by molar-refractivity contribution is 6.76. The number of halogens is 3. The van der Waals surface area contributed by atoms with Crippen LogP contribution in [0.3, 0.4) is 0 Å². The lowest BCUT2D eigenvalue weighted by atomic mass is 9.94. The molecule has 5 atom stereocenters. The van der Waals surface area contributed by atoms with Crippen molar-refractivity contribution in [2.24, 2.45) is 5.11 Å². The highest BCUT2D eigenvalue weighted by Gasteiger charge is 2.48. The van der Waals surface area contributed by atoms with Crippen LogP contribution in [0.2, 0.25) is 0 Å². The Balaban J connectivity index is 2.32. The van der Waals surface area contributed by atoms with E-state index in [-0.39, 0.29) is 13.2 Å². The van der Waals surface area contributed by atoms with Gasteiger partial charge in [0.15, 0.2) is 6.29 Å². The topological polar surface area (TPSA) is 126 Å². The van der Waals surface area contributed by atoms with E-state index in [0.29, 0.717) is 0 Å². The van der Waals surface area contributed by atoms with Gasteiger partial charge in [-0.05, 0) is 11.1 Å². The fraction of sp³-hybridized carbons (Fsp3) is 0.500. The monoisotopic (exact) mass is 478 g/mol. The summed E-state index contributed by atoms with van der Waals surface area (Å²) < 4.78 is 15.0. The summed E-state index contributed by atoms with van der Waals surface area (Å²) in [4.78, 5) is 15.1. The minimum atomic E-state index is -2.27. The van der Waals surface area contributed by atoms with Crippen molar-refractivity contribution in [3.63, 3.8) is 0 Å². The normalized spacial score (nSPS) is 26.5. The van der Waals surface area contributed by atoms with Crippen LogP contribution in [0.1, 0.15) is 5.56 Å². The number of aliphatic hydroxyl groups excluding tert-OH is 1. The first kappa shape index (κ1) is 24.7. The lowest BCUT2D eigenvalue weighted by molar-refractivity contribution is -0.252. The molecule has 1 fully saturated rings. The summed E-state index contributed by atoms with van der Waals surface area (Å²) >= 11 is 17.0. The summed E-state index contributed by atoms with van der Waals surface area (Å²) in [5, 5.41) is 16.1. The van der Waals surface area contributed by atoms with Crippen molar-refractivity contribution in [3.05, 3.63) is 59.0 Å². The van der Waals surface area contributed by atoms with E-state index >= 15 is 0 Å². The van der Waals surface area contributed by atoms with Crippen LogP contribution in [0.5, 0.6) is 0 Å². The number of carbonyl (C=O) groups is 1. The van der Waals surface area contributed by atoms with E-state index in [2.05, 4.69) is 21.9 Å². The Kier molecular flexibility index (Phi) is 9.67. The van der Waals surface area contributed by atoms with Crippen LogP contribution in [-0.2, 0) is 25.6 Å². The van der Waals surface area contributed by atoms with E-state index in [4.69, 9.17) is 54.5 Å². The third-order valence-corrected chi connectivity index (χ3v) is 4.77. The SMILES string of the molecule is C=CCO[C@H]1O[C@H](CO)[C@@H](OCc2ccccc2)[C@H](N=[N+]=[N-])[C@H]1NC(=O)C(Cl)(Cl)Cl. The zero-order valence-corrected chi connectivity index (χ0v) is 18.0. The second kappa shape index (κ2) is 11.7. The molecule has 1 amide bonds. The van der Waals surface area contributed by atoms with Crippen molar-refractivity contribution in [1.29, 1.82) is 0 Å². The van der Waals surface area contributed by atoms with Gasteiger partial charge in [-0.15, -0.1) is 6.58 Å². The van der Waals surface area contributed by atoms with Crippen molar-refractivity contribution in [1.82, 2.24) is 5.32 Å². The van der Waals surface area contributed by atoms with E-state index in [9.17, 15) is 9.90 Å². The number of carbonyl (C=O) groups excluding carboxylic acids is 1. The van der Waals surface area contributed by atoms with Crippen LogP contribution in [0.4, 0.5) is 0 Å². The Morgan fingerprint density at radius 2 is 2.07 bits per heavy atom. The number of aliphatic hydroxyl groups is 1. The number of hydrogen-bond donors (Lipinski definition) is 2. The van der Waals surface area contributed by atoms with E-state index in [1.54, 1.807) is 0 Å². The number of amides is 1. The fourth-order valence-corrected chi connectivity index (χ4v) is 3.09. The predicted octanol–water partition coefficient (Wildman–Crippen LogP) is 3.03. The molecule has 9 nitrogen and oxygen atoms in total. The smallest absolute Gasteiger partial charge is 0.272 e. The van der Waals surface area contributed by atoms with E-state index in [0.717, 1.165) is 5.56 Å². The Morgan fingerprint density at radius 1 is 1.37 bits per heavy atom. The van der Waals surface area contributed by atoms with Gasteiger partial charge in [0.25, 0.3) is 9.70 Å². The summed E-state index contributed by atoms with van der Waals surface area (Å²) in [5.74, 6) is -0.962. The van der Waals surface area contributed by atoms with Gasteiger partial charge >= 0.3 is 0 Å². The van der Waals surface area contributed by atoms with Crippen molar-refractivity contribution < 1.29 is 24.1 Å². The van der Waals surface area contributed by atoms with Crippen LogP contribution < -0.4 is 5.32 Å². The van der Waals surface area contributed by atoms with Gasteiger partial charge in [0.2, 0.25) is 0 Å². The molecule has 1 aromatic rings. The molecule has 1 heterocycles. The molecule has 2 N–H and O–H groups in total. The molecule has 0 radical (unpaired) electrons. The van der Waals surface area contributed by atoms with Crippen molar-refractivity contribution in [2.75, 3.05) is 13.2 Å². The Hall–Kier alpha value is -1.55. The maximum atomic E-state index is 12.3. The van der Waals surface area contributed by atoms with Gasteiger partial charge in [-0.2, -0.15) is 0 Å². The van der Waals surface area contributed by atoms with E-state index < -0.39 is 46.9 Å². The number of hydrogen-bond acceptors (Lipinski definition) is 6. The fourth-order valence-electron chi connectivity index (χ4n) is 2.93. The zero-order valence-electron chi connectivity index (χ0n) is 15.7. The largest absolute Gasteiger partial charge is 0.394 e. The van der Waals surface area contributed by atoms with Crippen molar-refractivity contribution >= 4 is 40.7 Å². The summed E-state index contributed by atoms with van der Waals surface area (Å²) in [6.45, 7) is 3.31. The summed E-state index contributed by atoms with van der Waals surface area (Å²) in [5.41, 5.74) is 9.95. The number of nitrogens with zero attached hydrogens (tertiary/aromatic N) is 3. The van der Waals surface area contributed by atoms with Gasteiger partial charge in [0.1, 0.15) is 6.10 Å². The summed E-state index contributed by atoms with van der Waals surface area (Å²) in [6.07, 6.45) is -1.48. The average Bonchev–Trinajstić information content (AvgIpc) is 2.72. The van der Waals surface area contributed by atoms with Gasteiger partial charge in [-0.1, -0.05) is 76.3 Å². The third-order valence-electron chi connectivity index (χ3n) is 4.26. The van der Waals surface area contributed by atoms with Gasteiger partial charge < -0.3 is 24.6 Å². The maximum Gasteiger partial charge on any atom is 0.272 e. The summed E-state index contributed by atoms with van der Waals surface area (Å²) in [7, 11) is 0. The lowest BCUT2D eigenvalue weighted by Crippen LogP contribution is -2.65. The molecule has 0 aliphatic carbocycles. The third kappa shape index (κ3) is 6.73. The first-order chi connectivity index (χ1) is 14.3. The van der Waals surface area contributed by atoms with Crippen LogP contribution in [-0.4, -0.2) is 58.6 Å². The second-order valence-corrected chi connectivity index (χ2v) is 8.58. The molecule has 0 bridgehead atoms. The molecule has 1 aliphatic rings. The van der Waals surface area contributed by atoms with Gasteiger partial charge in [0, 0.05) is 4.91 Å². The number of ether oxygens (including phenoxy) is 3. The molecule has 0 saturated carbocycles. The lowest BCUT2D eigenvalue weighted by Gasteiger charge is -2.44. The molecule has 164 valence electrons. The van der Waals surface area contributed by atoms with Crippen molar-refractivity contribution in [2.45, 2.75) is 41.0 Å². The second-order valence-electron chi connectivity index (χ2n) is 6.30. The number of nitrogens with one attached hydrogen (secondary N) is 1. The highest BCUT2D eigenvalue weighted by atomic mass is 35.6. The summed E-state index contributed by atoms with van der Waals surface area (Å²) in [6, 6.07) is 7.14. The first-order valence-electron chi connectivity index (χ1n) is 8.88. The van der Waals surface area contributed by atoms with Gasteiger partial charge in [-0.25, -0.2) is 0 Å². The maximum absolute atomic E-state index is 12.3. The molecule has 1 aliphatic heterocycles. The van der Waals surface area contributed by atoms with Crippen LogP contribution in [0, 0.1) is 0 Å². The number of azide groups is 1. The molecular formula is C18H21Cl3N4O5. The quantitative estimate of drug-likeness (QED) is 0.185. The molecule has 1 aromatic carbocycles. The average molecular weight is 480 g/mol. The standard InChI is InChI=1S/C18H21Cl3N4O5/c1-2-8-28-16-14(23-17(27)18(19,20)21)13(24-25-22)15(12(9-26)30-16)29-10-11-6-4-3-5-7-11/h2-7,12-16,26H,1,8-10H2,(H,23,27)/t12-,13-,14-,15-,16+/m1/s1. The number of alkyl halides is 3. The molecule has 0 unspecified atom stereocenters. The number of rotatable bonds is 9. The molecule has 2 rings (SSSR count). The van der Waals surface area contributed by atoms with Crippen molar-refractivity contribution in [3.8, 4) is 0 Å². The molecule has 30 heavy (non-hydrogen) atoms. The Bertz CT molecular complexity index is 758. The number of benzene rings is 1. The Morgan fingerprint density at radius 3 is 2.63 bits per heavy atom. The molecule has 0 spiro atoms. The van der Waals surface area contributed by atoms with E-state index in [1.807, 2.05) is 30.3 Å². The minimum Gasteiger partial charge on any atom is -0.394 e. The van der Waals surface area contributed by atoms with Crippen LogP contribution in [0.25, 0.3) is 10.4 Å². The highest BCUT2D eigenvalue weighted by Crippen LogP contribution is 2.31.